The van der Waals surface area contributed by atoms with Crippen LogP contribution in [-0.4, -0.2) is 34.2 Å². The van der Waals surface area contributed by atoms with Crippen LogP contribution in [0.25, 0.3) is 5.69 Å². The van der Waals surface area contributed by atoms with E-state index in [2.05, 4.69) is 10.4 Å². The fourth-order valence-corrected chi connectivity index (χ4v) is 3.12. The maximum Gasteiger partial charge on any atom is 0.238 e. The van der Waals surface area contributed by atoms with Crippen LogP contribution in [0.2, 0.25) is 0 Å². The zero-order valence-corrected chi connectivity index (χ0v) is 16.0. The van der Waals surface area contributed by atoms with Gasteiger partial charge in [-0.1, -0.05) is 18.2 Å². The van der Waals surface area contributed by atoms with Gasteiger partial charge >= 0.3 is 0 Å². The van der Waals surface area contributed by atoms with Gasteiger partial charge in [0.25, 0.3) is 0 Å². The number of hydrogen-bond donors (Lipinski definition) is 1. The standard InChI is InChI=1S/C21H22F2N4O/c1-14-20(15(2)27(25-14)19-7-5-4-6-8-19)12-26(3)13-21(28)24-18-10-16(22)9-17(23)11-18/h4-11H,12-13H2,1-3H3,(H,24,28). The molecule has 0 spiro atoms. The van der Waals surface area contributed by atoms with Crippen LogP contribution < -0.4 is 5.32 Å². The predicted molar refractivity (Wildman–Crippen MR) is 104 cm³/mol. The van der Waals surface area contributed by atoms with Gasteiger partial charge in [-0.25, -0.2) is 13.5 Å². The Kier molecular flexibility index (Phi) is 5.84. The highest BCUT2D eigenvalue weighted by atomic mass is 19.1. The van der Waals surface area contributed by atoms with Crippen molar-refractivity contribution < 1.29 is 13.6 Å². The molecule has 3 rings (SSSR count). The molecule has 2 aromatic carbocycles. The molecular weight excluding hydrogens is 362 g/mol. The second kappa shape index (κ2) is 8.31. The smallest absolute Gasteiger partial charge is 0.238 e. The Balaban J connectivity index is 1.67. The zero-order chi connectivity index (χ0) is 20.3. The topological polar surface area (TPSA) is 50.2 Å². The number of hydrogen-bond acceptors (Lipinski definition) is 3. The van der Waals surface area contributed by atoms with Crippen LogP contribution in [-0.2, 0) is 11.3 Å². The quantitative estimate of drug-likeness (QED) is 0.703. The molecule has 0 aliphatic carbocycles. The molecule has 0 fully saturated rings. The summed E-state index contributed by atoms with van der Waals surface area (Å²) in [5, 5.41) is 7.13. The number of carbonyl (C=O) groups excluding carboxylic acids is 1. The van der Waals surface area contributed by atoms with Gasteiger partial charge in [0.05, 0.1) is 17.9 Å². The second-order valence-corrected chi connectivity index (χ2v) is 6.78. The molecule has 0 aliphatic heterocycles. The Morgan fingerprint density at radius 2 is 1.75 bits per heavy atom. The molecule has 3 aromatic rings. The highest BCUT2D eigenvalue weighted by Crippen LogP contribution is 2.19. The molecule has 1 N–H and O–H groups in total. The van der Waals surface area contributed by atoms with Crippen LogP contribution >= 0.6 is 0 Å². The second-order valence-electron chi connectivity index (χ2n) is 6.78. The van der Waals surface area contributed by atoms with Gasteiger partial charge < -0.3 is 5.32 Å². The van der Waals surface area contributed by atoms with E-state index >= 15 is 0 Å². The SMILES string of the molecule is Cc1nn(-c2ccccc2)c(C)c1CN(C)CC(=O)Nc1cc(F)cc(F)c1. The van der Waals surface area contributed by atoms with Gasteiger partial charge in [0.15, 0.2) is 0 Å². The average molecular weight is 384 g/mol. The van der Waals surface area contributed by atoms with Crippen molar-refractivity contribution in [3.63, 3.8) is 0 Å². The van der Waals surface area contributed by atoms with E-state index in [0.29, 0.717) is 6.54 Å². The molecule has 28 heavy (non-hydrogen) atoms. The molecule has 0 bridgehead atoms. The summed E-state index contributed by atoms with van der Waals surface area (Å²) in [5.74, 6) is -1.82. The number of anilines is 1. The Hall–Kier alpha value is -3.06. The fourth-order valence-electron chi connectivity index (χ4n) is 3.12. The summed E-state index contributed by atoms with van der Waals surface area (Å²) < 4.78 is 28.4. The largest absolute Gasteiger partial charge is 0.325 e. The summed E-state index contributed by atoms with van der Waals surface area (Å²) in [7, 11) is 1.81. The first-order valence-corrected chi connectivity index (χ1v) is 8.88. The third-order valence-corrected chi connectivity index (χ3v) is 4.43. The summed E-state index contributed by atoms with van der Waals surface area (Å²) in [5.41, 5.74) is 4.00. The summed E-state index contributed by atoms with van der Waals surface area (Å²) in [6.07, 6.45) is 0. The van der Waals surface area contributed by atoms with Crippen LogP contribution in [0.3, 0.4) is 0 Å². The number of aryl methyl sites for hydroxylation is 1. The van der Waals surface area contributed by atoms with Gasteiger partial charge in [0, 0.05) is 29.6 Å². The number of halogens is 2. The van der Waals surface area contributed by atoms with E-state index in [-0.39, 0.29) is 18.1 Å². The lowest BCUT2D eigenvalue weighted by atomic mass is 10.2. The fraction of sp³-hybridized carbons (Fsp3) is 0.238. The van der Waals surface area contributed by atoms with Gasteiger partial charge in [-0.2, -0.15) is 5.10 Å². The molecule has 0 saturated heterocycles. The minimum Gasteiger partial charge on any atom is -0.325 e. The Morgan fingerprint density at radius 3 is 2.39 bits per heavy atom. The summed E-state index contributed by atoms with van der Waals surface area (Å²) in [6, 6.07) is 12.8. The Labute approximate surface area is 162 Å². The van der Waals surface area contributed by atoms with Gasteiger partial charge in [-0.05, 0) is 45.2 Å². The van der Waals surface area contributed by atoms with Crippen molar-refractivity contribution in [2.75, 3.05) is 18.9 Å². The maximum absolute atomic E-state index is 13.2. The van der Waals surface area contributed by atoms with Gasteiger partial charge in [0.1, 0.15) is 11.6 Å². The van der Waals surface area contributed by atoms with Crippen molar-refractivity contribution in [1.29, 1.82) is 0 Å². The number of para-hydroxylation sites is 1. The molecular formula is C21H22F2N4O. The molecule has 0 unspecified atom stereocenters. The first-order valence-electron chi connectivity index (χ1n) is 8.88. The minimum atomic E-state index is -0.733. The Bertz CT molecular complexity index is 965. The Morgan fingerprint density at radius 1 is 1.11 bits per heavy atom. The van der Waals surface area contributed by atoms with Crippen molar-refractivity contribution >= 4 is 11.6 Å². The van der Waals surface area contributed by atoms with Crippen LogP contribution in [0.4, 0.5) is 14.5 Å². The number of benzene rings is 2. The van der Waals surface area contributed by atoms with Crippen molar-refractivity contribution in [2.24, 2.45) is 0 Å². The molecule has 1 heterocycles. The first-order chi connectivity index (χ1) is 13.3. The molecule has 0 radical (unpaired) electrons. The molecule has 0 saturated carbocycles. The average Bonchev–Trinajstić information content (AvgIpc) is 2.89. The number of carbonyl (C=O) groups is 1. The summed E-state index contributed by atoms with van der Waals surface area (Å²) in [4.78, 5) is 14.0. The lowest BCUT2D eigenvalue weighted by Gasteiger charge is -2.17. The third kappa shape index (κ3) is 4.61. The van der Waals surface area contributed by atoms with Crippen LogP contribution in [0, 0.1) is 25.5 Å². The molecule has 7 heteroatoms. The van der Waals surface area contributed by atoms with E-state index < -0.39 is 11.6 Å². The zero-order valence-electron chi connectivity index (χ0n) is 16.0. The number of aromatic nitrogens is 2. The lowest BCUT2D eigenvalue weighted by molar-refractivity contribution is -0.117. The summed E-state index contributed by atoms with van der Waals surface area (Å²) in [6.45, 7) is 4.53. The van der Waals surface area contributed by atoms with E-state index in [0.717, 1.165) is 40.8 Å². The van der Waals surface area contributed by atoms with Crippen LogP contribution in [0.1, 0.15) is 17.0 Å². The van der Waals surface area contributed by atoms with Gasteiger partial charge in [0.2, 0.25) is 5.91 Å². The van der Waals surface area contributed by atoms with E-state index in [9.17, 15) is 13.6 Å². The van der Waals surface area contributed by atoms with Crippen LogP contribution in [0.15, 0.2) is 48.5 Å². The lowest BCUT2D eigenvalue weighted by Crippen LogP contribution is -2.30. The molecule has 5 nitrogen and oxygen atoms in total. The van der Waals surface area contributed by atoms with E-state index in [1.54, 1.807) is 0 Å². The predicted octanol–water partition coefficient (Wildman–Crippen LogP) is 3.84. The van der Waals surface area contributed by atoms with E-state index in [4.69, 9.17) is 0 Å². The highest BCUT2D eigenvalue weighted by molar-refractivity contribution is 5.92. The number of nitrogens with one attached hydrogen (secondary N) is 1. The van der Waals surface area contributed by atoms with Crippen molar-refractivity contribution in [1.82, 2.24) is 14.7 Å². The van der Waals surface area contributed by atoms with E-state index in [1.807, 2.05) is 60.8 Å². The molecule has 0 atom stereocenters. The van der Waals surface area contributed by atoms with Crippen LogP contribution in [0.5, 0.6) is 0 Å². The number of nitrogens with zero attached hydrogens (tertiary/aromatic N) is 3. The van der Waals surface area contributed by atoms with Crippen molar-refractivity contribution in [2.45, 2.75) is 20.4 Å². The maximum atomic E-state index is 13.2. The third-order valence-electron chi connectivity index (χ3n) is 4.43. The minimum absolute atomic E-state index is 0.0769. The molecule has 0 aliphatic rings. The normalized spacial score (nSPS) is 11.1. The summed E-state index contributed by atoms with van der Waals surface area (Å²) >= 11 is 0. The van der Waals surface area contributed by atoms with Gasteiger partial charge in [-0.3, -0.25) is 9.69 Å². The van der Waals surface area contributed by atoms with Gasteiger partial charge in [-0.15, -0.1) is 0 Å². The number of amides is 1. The molecule has 1 amide bonds. The molecule has 146 valence electrons. The number of rotatable bonds is 6. The molecule has 1 aromatic heterocycles. The van der Waals surface area contributed by atoms with Crippen molar-refractivity contribution in [3.05, 3.63) is 77.1 Å². The van der Waals surface area contributed by atoms with E-state index in [1.165, 1.54) is 0 Å². The van der Waals surface area contributed by atoms with Crippen molar-refractivity contribution in [3.8, 4) is 5.69 Å². The number of likely N-dealkylation sites (N-methyl/N-ethyl adjacent to an activating group) is 1. The first kappa shape index (κ1) is 19.7. The monoisotopic (exact) mass is 384 g/mol. The highest BCUT2D eigenvalue weighted by Gasteiger charge is 2.16.